The maximum atomic E-state index is 6.92. The van der Waals surface area contributed by atoms with Gasteiger partial charge in [0.15, 0.2) is 17.5 Å². The van der Waals surface area contributed by atoms with Crippen molar-refractivity contribution in [1.29, 1.82) is 0 Å². The van der Waals surface area contributed by atoms with E-state index >= 15 is 0 Å². The van der Waals surface area contributed by atoms with Crippen LogP contribution in [0.4, 0.5) is 0 Å². The molecule has 5 aromatic carbocycles. The summed E-state index contributed by atoms with van der Waals surface area (Å²) in [6, 6.07) is 40.3. The lowest BCUT2D eigenvalue weighted by molar-refractivity contribution is 0.569. The van der Waals surface area contributed by atoms with Gasteiger partial charge in [-0.05, 0) is 79.5 Å². The normalized spacial score (nSPS) is 12.3. The van der Waals surface area contributed by atoms with Gasteiger partial charge in [-0.15, -0.1) is 0 Å². The minimum Gasteiger partial charge on any atom is -0.208 e. The third-order valence-corrected chi connectivity index (χ3v) is 9.20. The fraction of sp³-hybridized carbons (Fsp3) is 0.267. The van der Waals surface area contributed by atoms with Crippen LogP contribution >= 0.6 is 11.6 Å². The van der Waals surface area contributed by atoms with E-state index in [0.717, 1.165) is 27.8 Å². The van der Waals surface area contributed by atoms with Crippen LogP contribution in [0.2, 0.25) is 5.02 Å². The van der Waals surface area contributed by atoms with E-state index in [1.807, 2.05) is 72.8 Å². The molecule has 0 spiro atoms. The van der Waals surface area contributed by atoms with Crippen LogP contribution in [0.3, 0.4) is 0 Å². The second kappa shape index (κ2) is 13.0. The summed E-state index contributed by atoms with van der Waals surface area (Å²) in [6.45, 7) is 20.5. The fourth-order valence-electron chi connectivity index (χ4n) is 5.88. The first-order valence-corrected chi connectivity index (χ1v) is 17.4. The Labute approximate surface area is 297 Å². The van der Waals surface area contributed by atoms with Gasteiger partial charge in [0.05, 0.1) is 0 Å². The Kier molecular flexibility index (Phi) is 9.11. The summed E-state index contributed by atoms with van der Waals surface area (Å²) < 4.78 is 0. The fourth-order valence-corrected chi connectivity index (χ4v) is 6.11. The first-order valence-electron chi connectivity index (χ1n) is 17.0. The Hall–Kier alpha value is -4.60. The molecule has 0 amide bonds. The minimum absolute atomic E-state index is 0.0179. The van der Waals surface area contributed by atoms with Crippen LogP contribution in [0.25, 0.3) is 56.4 Å². The van der Waals surface area contributed by atoms with Crippen molar-refractivity contribution in [2.75, 3.05) is 0 Å². The number of halogens is 1. The maximum Gasteiger partial charge on any atom is 0.164 e. The molecule has 4 heteroatoms. The number of rotatable bonds is 5. The predicted molar refractivity (Wildman–Crippen MR) is 208 cm³/mol. The molecule has 248 valence electrons. The quantitative estimate of drug-likeness (QED) is 0.184. The Bertz CT molecular complexity index is 2020. The van der Waals surface area contributed by atoms with Crippen LogP contribution in [0, 0.1) is 0 Å². The summed E-state index contributed by atoms with van der Waals surface area (Å²) >= 11 is 6.92. The van der Waals surface area contributed by atoms with Gasteiger partial charge < -0.3 is 0 Å². The van der Waals surface area contributed by atoms with Gasteiger partial charge in [0.1, 0.15) is 0 Å². The highest BCUT2D eigenvalue weighted by molar-refractivity contribution is 6.31. The Morgan fingerprint density at radius 1 is 0.347 bits per heavy atom. The van der Waals surface area contributed by atoms with Gasteiger partial charge in [0.2, 0.25) is 0 Å². The van der Waals surface area contributed by atoms with E-state index in [1.165, 1.54) is 27.8 Å². The molecule has 0 saturated heterocycles. The molecule has 0 aliphatic carbocycles. The second-order valence-electron chi connectivity index (χ2n) is 16.1. The molecule has 0 saturated carbocycles. The first kappa shape index (κ1) is 34.3. The highest BCUT2D eigenvalue weighted by Gasteiger charge is 2.23. The van der Waals surface area contributed by atoms with Gasteiger partial charge in [-0.2, -0.15) is 0 Å². The molecular weight excluding hydrogens is 618 g/mol. The van der Waals surface area contributed by atoms with Crippen molar-refractivity contribution in [2.45, 2.75) is 78.6 Å². The second-order valence-corrected chi connectivity index (χ2v) is 16.6. The molecule has 0 atom stereocenters. The van der Waals surface area contributed by atoms with Crippen molar-refractivity contribution >= 4 is 11.6 Å². The topological polar surface area (TPSA) is 38.7 Å². The molecule has 0 fully saturated rings. The molecule has 3 nitrogen and oxygen atoms in total. The van der Waals surface area contributed by atoms with E-state index in [-0.39, 0.29) is 16.2 Å². The Morgan fingerprint density at radius 3 is 1.06 bits per heavy atom. The van der Waals surface area contributed by atoms with Crippen molar-refractivity contribution in [3.63, 3.8) is 0 Å². The van der Waals surface area contributed by atoms with Crippen molar-refractivity contribution in [3.05, 3.63) is 137 Å². The number of nitrogens with zero attached hydrogens (tertiary/aromatic N) is 3. The zero-order valence-electron chi connectivity index (χ0n) is 30.2. The molecule has 1 aromatic heterocycles. The van der Waals surface area contributed by atoms with Crippen LogP contribution in [-0.4, -0.2) is 15.0 Å². The standard InChI is InChI=1S/C45H46ClN3/c1-43(2,3)36-22-31(20-32(23-36)34-24-37(44(4,5)6)28-38(25-34)45(7,8)9)33-21-35(27-39(46)26-33)42-48-40(29-16-12-10-13-17-29)47-41(49-42)30-18-14-11-15-19-30/h10-28H,1-9H3. The smallest absolute Gasteiger partial charge is 0.164 e. The summed E-state index contributed by atoms with van der Waals surface area (Å²) in [5.41, 5.74) is 11.1. The van der Waals surface area contributed by atoms with Gasteiger partial charge >= 0.3 is 0 Å². The average molecular weight is 664 g/mol. The van der Waals surface area contributed by atoms with Crippen molar-refractivity contribution in [3.8, 4) is 56.4 Å². The summed E-state index contributed by atoms with van der Waals surface area (Å²) in [5.74, 6) is 1.82. The van der Waals surface area contributed by atoms with Crippen molar-refractivity contribution in [2.24, 2.45) is 0 Å². The number of aromatic nitrogens is 3. The zero-order valence-corrected chi connectivity index (χ0v) is 30.9. The van der Waals surface area contributed by atoms with Crippen LogP contribution < -0.4 is 0 Å². The zero-order chi connectivity index (χ0) is 35.1. The molecule has 49 heavy (non-hydrogen) atoms. The van der Waals surface area contributed by atoms with Crippen LogP contribution in [0.5, 0.6) is 0 Å². The molecular formula is C45H46ClN3. The Balaban J connectivity index is 1.54. The van der Waals surface area contributed by atoms with Crippen molar-refractivity contribution < 1.29 is 0 Å². The van der Waals surface area contributed by atoms with Gasteiger partial charge in [-0.25, -0.2) is 15.0 Å². The van der Waals surface area contributed by atoms with Gasteiger partial charge in [-0.1, -0.05) is 165 Å². The van der Waals surface area contributed by atoms with E-state index in [9.17, 15) is 0 Å². The third-order valence-electron chi connectivity index (χ3n) is 8.99. The monoisotopic (exact) mass is 663 g/mol. The molecule has 1 heterocycles. The Morgan fingerprint density at radius 2 is 0.653 bits per heavy atom. The molecule has 0 radical (unpaired) electrons. The minimum atomic E-state index is -0.0654. The highest BCUT2D eigenvalue weighted by atomic mass is 35.5. The molecule has 6 aromatic rings. The van der Waals surface area contributed by atoms with E-state index in [2.05, 4.69) is 105 Å². The molecule has 0 bridgehead atoms. The lowest BCUT2D eigenvalue weighted by Crippen LogP contribution is -2.16. The number of benzene rings is 5. The van der Waals surface area contributed by atoms with E-state index in [1.54, 1.807) is 0 Å². The van der Waals surface area contributed by atoms with Crippen LogP contribution in [0.15, 0.2) is 115 Å². The molecule has 0 unspecified atom stereocenters. The van der Waals surface area contributed by atoms with E-state index < -0.39 is 0 Å². The van der Waals surface area contributed by atoms with Gasteiger partial charge in [-0.3, -0.25) is 0 Å². The van der Waals surface area contributed by atoms with Gasteiger partial charge in [0, 0.05) is 21.7 Å². The van der Waals surface area contributed by atoms with E-state index in [4.69, 9.17) is 26.6 Å². The molecule has 0 aliphatic rings. The van der Waals surface area contributed by atoms with Crippen LogP contribution in [-0.2, 0) is 16.2 Å². The van der Waals surface area contributed by atoms with Crippen LogP contribution in [0.1, 0.15) is 79.0 Å². The number of hydrogen-bond donors (Lipinski definition) is 0. The molecule has 6 rings (SSSR count). The average Bonchev–Trinajstić information content (AvgIpc) is 3.07. The predicted octanol–water partition coefficient (Wildman–Crippen LogP) is 12.8. The highest BCUT2D eigenvalue weighted by Crippen LogP contribution is 2.39. The number of hydrogen-bond acceptors (Lipinski definition) is 3. The summed E-state index contributed by atoms with van der Waals surface area (Å²) in [6.07, 6.45) is 0. The first-order chi connectivity index (χ1) is 23.0. The largest absolute Gasteiger partial charge is 0.208 e. The third kappa shape index (κ3) is 7.84. The lowest BCUT2D eigenvalue weighted by atomic mass is 9.78. The summed E-state index contributed by atoms with van der Waals surface area (Å²) in [5, 5.41) is 0.628. The van der Waals surface area contributed by atoms with E-state index in [0.29, 0.717) is 22.5 Å². The summed E-state index contributed by atoms with van der Waals surface area (Å²) in [4.78, 5) is 14.8. The molecule has 0 aliphatic heterocycles. The maximum absolute atomic E-state index is 6.92. The summed E-state index contributed by atoms with van der Waals surface area (Å²) in [7, 11) is 0. The molecule has 0 N–H and O–H groups in total. The van der Waals surface area contributed by atoms with Gasteiger partial charge in [0.25, 0.3) is 0 Å². The lowest BCUT2D eigenvalue weighted by Gasteiger charge is -2.27. The van der Waals surface area contributed by atoms with Crippen molar-refractivity contribution in [1.82, 2.24) is 15.0 Å². The SMILES string of the molecule is CC(C)(C)c1cc(-c2cc(Cl)cc(-c3nc(-c4ccccc4)nc(-c4ccccc4)n3)c2)cc(-c2cc(C(C)(C)C)cc(C(C)(C)C)c2)c1.